The van der Waals surface area contributed by atoms with Gasteiger partial charge in [0, 0.05) is 18.2 Å². The topological polar surface area (TPSA) is 47.9 Å². The van der Waals surface area contributed by atoms with Crippen molar-refractivity contribution in [2.45, 2.75) is 45.1 Å². The Morgan fingerprint density at radius 2 is 2.05 bits per heavy atom. The van der Waals surface area contributed by atoms with Crippen molar-refractivity contribution in [3.8, 4) is 0 Å². The Hall–Kier alpha value is -1.35. The summed E-state index contributed by atoms with van der Waals surface area (Å²) in [5.41, 5.74) is 2.30. The zero-order chi connectivity index (χ0) is 13.7. The molecule has 1 heterocycles. The van der Waals surface area contributed by atoms with Crippen LogP contribution in [0, 0.1) is 5.41 Å². The number of hydrogen-bond acceptors (Lipinski definition) is 2. The second-order valence-corrected chi connectivity index (χ2v) is 5.68. The maximum atomic E-state index is 8.09. The standard InChI is InChI=1S/C16H25N3/c1-12(2)13-6-8-14(9-7-13)16(17)19-11-15-5-3-4-10-18-15/h6-9,12,15,18H,3-5,10-11H2,1-2H3,(H2,17,19). The van der Waals surface area contributed by atoms with Crippen LogP contribution in [0.1, 0.15) is 50.2 Å². The maximum absolute atomic E-state index is 8.09. The molecule has 1 atom stereocenters. The molecule has 3 heteroatoms. The largest absolute Gasteiger partial charge is 0.368 e. The molecule has 3 nitrogen and oxygen atoms in total. The van der Waals surface area contributed by atoms with E-state index in [1.54, 1.807) is 0 Å². The van der Waals surface area contributed by atoms with Crippen molar-refractivity contribution in [3.05, 3.63) is 35.4 Å². The highest BCUT2D eigenvalue weighted by atomic mass is 15.0. The van der Waals surface area contributed by atoms with Gasteiger partial charge in [-0.1, -0.05) is 44.5 Å². The predicted octanol–water partition coefficient (Wildman–Crippen LogP) is 2.87. The number of nitrogens with one attached hydrogen (secondary N) is 3. The molecule has 1 aromatic rings. The second kappa shape index (κ2) is 6.71. The maximum Gasteiger partial charge on any atom is 0.125 e. The van der Waals surface area contributed by atoms with E-state index < -0.39 is 0 Å². The molecule has 1 fully saturated rings. The fourth-order valence-corrected chi connectivity index (χ4v) is 2.46. The number of amidine groups is 1. The van der Waals surface area contributed by atoms with E-state index >= 15 is 0 Å². The van der Waals surface area contributed by atoms with Crippen molar-refractivity contribution in [2.75, 3.05) is 13.1 Å². The van der Waals surface area contributed by atoms with Gasteiger partial charge in [-0.25, -0.2) is 0 Å². The highest BCUT2D eigenvalue weighted by molar-refractivity contribution is 5.96. The Morgan fingerprint density at radius 1 is 1.32 bits per heavy atom. The first kappa shape index (κ1) is 14.1. The number of benzene rings is 1. The van der Waals surface area contributed by atoms with E-state index in [1.807, 2.05) is 12.1 Å². The van der Waals surface area contributed by atoms with Gasteiger partial charge in [-0.3, -0.25) is 5.41 Å². The van der Waals surface area contributed by atoms with E-state index in [1.165, 1.54) is 24.8 Å². The SMILES string of the molecule is CC(C)c1ccc(C(=N)NCC2CCCCN2)cc1. The summed E-state index contributed by atoms with van der Waals surface area (Å²) < 4.78 is 0. The summed E-state index contributed by atoms with van der Waals surface area (Å²) in [5.74, 6) is 1.07. The van der Waals surface area contributed by atoms with Crippen LogP contribution in [-0.2, 0) is 0 Å². The zero-order valence-corrected chi connectivity index (χ0v) is 12.0. The van der Waals surface area contributed by atoms with Crippen LogP contribution in [-0.4, -0.2) is 25.0 Å². The molecular formula is C16H25N3. The van der Waals surface area contributed by atoms with Crippen LogP contribution in [0.5, 0.6) is 0 Å². The Kier molecular flexibility index (Phi) is 4.97. The van der Waals surface area contributed by atoms with Crippen LogP contribution in [0.25, 0.3) is 0 Å². The van der Waals surface area contributed by atoms with E-state index in [-0.39, 0.29) is 0 Å². The summed E-state index contributed by atoms with van der Waals surface area (Å²) in [6, 6.07) is 8.84. The molecule has 1 saturated heterocycles. The van der Waals surface area contributed by atoms with Crippen LogP contribution in [0.2, 0.25) is 0 Å². The van der Waals surface area contributed by atoms with Crippen molar-refractivity contribution in [1.29, 1.82) is 5.41 Å². The van der Waals surface area contributed by atoms with Crippen molar-refractivity contribution >= 4 is 5.84 Å². The Morgan fingerprint density at radius 3 is 2.63 bits per heavy atom. The van der Waals surface area contributed by atoms with Gasteiger partial charge in [0.15, 0.2) is 0 Å². The van der Waals surface area contributed by atoms with Gasteiger partial charge < -0.3 is 10.6 Å². The molecule has 1 aromatic carbocycles. The molecule has 3 N–H and O–H groups in total. The minimum absolute atomic E-state index is 0.518. The molecule has 0 aliphatic carbocycles. The summed E-state index contributed by atoms with van der Waals surface area (Å²) >= 11 is 0. The number of rotatable bonds is 4. The Balaban J connectivity index is 1.85. The predicted molar refractivity (Wildman–Crippen MR) is 81.0 cm³/mol. The lowest BCUT2D eigenvalue weighted by molar-refractivity contribution is 0.398. The van der Waals surface area contributed by atoms with Gasteiger partial charge in [0.25, 0.3) is 0 Å². The molecule has 0 bridgehead atoms. The highest BCUT2D eigenvalue weighted by Gasteiger charge is 2.12. The third kappa shape index (κ3) is 4.06. The van der Waals surface area contributed by atoms with Crippen molar-refractivity contribution in [3.63, 3.8) is 0 Å². The first-order valence-corrected chi connectivity index (χ1v) is 7.33. The van der Waals surface area contributed by atoms with Crippen LogP contribution in [0.4, 0.5) is 0 Å². The van der Waals surface area contributed by atoms with Gasteiger partial charge in [-0.05, 0) is 30.9 Å². The lowest BCUT2D eigenvalue weighted by atomic mass is 10.0. The molecule has 1 aliphatic rings. The fourth-order valence-electron chi connectivity index (χ4n) is 2.46. The quantitative estimate of drug-likeness (QED) is 0.575. The molecule has 2 rings (SSSR count). The van der Waals surface area contributed by atoms with Gasteiger partial charge in [0.1, 0.15) is 5.84 Å². The molecule has 1 aliphatic heterocycles. The van der Waals surface area contributed by atoms with E-state index in [2.05, 4.69) is 36.6 Å². The number of piperidine rings is 1. The average molecular weight is 259 g/mol. The first-order chi connectivity index (χ1) is 9.16. The van der Waals surface area contributed by atoms with Gasteiger partial charge >= 0.3 is 0 Å². The molecule has 0 spiro atoms. The molecule has 0 amide bonds. The first-order valence-electron chi connectivity index (χ1n) is 7.33. The minimum Gasteiger partial charge on any atom is -0.368 e. The highest BCUT2D eigenvalue weighted by Crippen LogP contribution is 2.14. The summed E-state index contributed by atoms with van der Waals surface area (Å²) in [6.07, 6.45) is 3.80. The van der Waals surface area contributed by atoms with E-state index in [9.17, 15) is 0 Å². The van der Waals surface area contributed by atoms with Gasteiger partial charge in [-0.15, -0.1) is 0 Å². The molecule has 0 saturated carbocycles. The van der Waals surface area contributed by atoms with Crippen LogP contribution < -0.4 is 10.6 Å². The molecular weight excluding hydrogens is 234 g/mol. The molecule has 0 aromatic heterocycles. The van der Waals surface area contributed by atoms with Crippen molar-refractivity contribution in [2.24, 2.45) is 0 Å². The third-order valence-corrected chi connectivity index (χ3v) is 3.80. The van der Waals surface area contributed by atoms with Gasteiger partial charge in [0.2, 0.25) is 0 Å². The van der Waals surface area contributed by atoms with E-state index in [4.69, 9.17) is 5.41 Å². The second-order valence-electron chi connectivity index (χ2n) is 5.68. The molecule has 0 radical (unpaired) electrons. The molecule has 1 unspecified atom stereocenters. The fraction of sp³-hybridized carbons (Fsp3) is 0.562. The van der Waals surface area contributed by atoms with Crippen LogP contribution >= 0.6 is 0 Å². The van der Waals surface area contributed by atoms with Crippen LogP contribution in [0.3, 0.4) is 0 Å². The smallest absolute Gasteiger partial charge is 0.125 e. The van der Waals surface area contributed by atoms with Gasteiger partial charge in [0.05, 0.1) is 0 Å². The lowest BCUT2D eigenvalue weighted by Crippen LogP contribution is -2.43. The number of hydrogen-bond donors (Lipinski definition) is 3. The Bertz CT molecular complexity index is 403. The van der Waals surface area contributed by atoms with Gasteiger partial charge in [-0.2, -0.15) is 0 Å². The lowest BCUT2D eigenvalue weighted by Gasteiger charge is -2.24. The summed E-state index contributed by atoms with van der Waals surface area (Å²) in [5, 5.41) is 14.8. The molecule has 104 valence electrons. The van der Waals surface area contributed by atoms with E-state index in [0.29, 0.717) is 17.8 Å². The molecule has 19 heavy (non-hydrogen) atoms. The average Bonchev–Trinajstić information content (AvgIpc) is 2.46. The third-order valence-electron chi connectivity index (χ3n) is 3.80. The summed E-state index contributed by atoms with van der Waals surface area (Å²) in [6.45, 7) is 6.34. The van der Waals surface area contributed by atoms with E-state index in [0.717, 1.165) is 18.7 Å². The monoisotopic (exact) mass is 259 g/mol. The zero-order valence-electron chi connectivity index (χ0n) is 12.0. The van der Waals surface area contributed by atoms with Crippen LogP contribution in [0.15, 0.2) is 24.3 Å². The van der Waals surface area contributed by atoms with Crippen molar-refractivity contribution in [1.82, 2.24) is 10.6 Å². The van der Waals surface area contributed by atoms with Crippen molar-refractivity contribution < 1.29 is 0 Å². The Labute approximate surface area is 116 Å². The summed E-state index contributed by atoms with van der Waals surface area (Å²) in [7, 11) is 0. The summed E-state index contributed by atoms with van der Waals surface area (Å²) in [4.78, 5) is 0. The minimum atomic E-state index is 0.518. The normalized spacial score (nSPS) is 19.4.